The van der Waals surface area contributed by atoms with Gasteiger partial charge in [-0.1, -0.05) is 41.7 Å². The first-order valence-corrected chi connectivity index (χ1v) is 9.12. The molecule has 1 amide bonds. The molecule has 2 heterocycles. The van der Waals surface area contributed by atoms with E-state index in [4.69, 9.17) is 4.74 Å². The van der Waals surface area contributed by atoms with E-state index in [0.29, 0.717) is 22.1 Å². The second kappa shape index (κ2) is 8.49. The van der Waals surface area contributed by atoms with Crippen LogP contribution in [-0.4, -0.2) is 43.7 Å². The summed E-state index contributed by atoms with van der Waals surface area (Å²) in [5, 5.41) is 14.2. The van der Waals surface area contributed by atoms with Crippen LogP contribution in [0.2, 0.25) is 0 Å². The Labute approximate surface area is 159 Å². The minimum Gasteiger partial charge on any atom is -0.462 e. The minimum absolute atomic E-state index is 0.274. The summed E-state index contributed by atoms with van der Waals surface area (Å²) >= 11 is 1.08. The first kappa shape index (κ1) is 18.6. The maximum Gasteiger partial charge on any atom is 0.350 e. The standard InChI is InChI=1S/C17H18N6O3S/c1-3-26-16(25)14-11(2)19-17(27-14)20-15(24)13(23-10-18-21-22-23)9-12-7-5-4-6-8-12/h4-8,10,13H,3,9H2,1-2H3,(H,19,20,24). The molecule has 1 unspecified atom stereocenters. The SMILES string of the molecule is CCOC(=O)c1sc(NC(=O)C(Cc2ccccc2)n2cnnn2)nc1C. The minimum atomic E-state index is -0.655. The number of anilines is 1. The number of hydrogen-bond acceptors (Lipinski definition) is 8. The maximum absolute atomic E-state index is 12.9. The lowest BCUT2D eigenvalue weighted by molar-refractivity contribution is -0.119. The Kier molecular flexibility index (Phi) is 5.87. The van der Waals surface area contributed by atoms with Crippen molar-refractivity contribution in [3.05, 3.63) is 52.8 Å². The molecule has 1 atom stereocenters. The molecule has 0 aliphatic carbocycles. The van der Waals surface area contributed by atoms with Crippen LogP contribution in [-0.2, 0) is 16.0 Å². The van der Waals surface area contributed by atoms with Gasteiger partial charge in [0.15, 0.2) is 5.13 Å². The normalized spacial score (nSPS) is 11.8. The number of nitrogens with one attached hydrogen (secondary N) is 1. The lowest BCUT2D eigenvalue weighted by Crippen LogP contribution is -2.28. The second-order valence-corrected chi connectivity index (χ2v) is 6.64. The molecule has 1 aromatic carbocycles. The number of hydrogen-bond donors (Lipinski definition) is 1. The van der Waals surface area contributed by atoms with Crippen LogP contribution >= 0.6 is 11.3 Å². The molecule has 27 heavy (non-hydrogen) atoms. The Morgan fingerprint density at radius 3 is 2.74 bits per heavy atom. The molecule has 9 nitrogen and oxygen atoms in total. The maximum atomic E-state index is 12.9. The van der Waals surface area contributed by atoms with Crippen LogP contribution in [0.4, 0.5) is 5.13 Å². The van der Waals surface area contributed by atoms with Gasteiger partial charge in [0.2, 0.25) is 0 Å². The van der Waals surface area contributed by atoms with E-state index >= 15 is 0 Å². The van der Waals surface area contributed by atoms with Crippen molar-refractivity contribution >= 4 is 28.3 Å². The number of ether oxygens (including phenoxy) is 1. The molecule has 0 saturated carbocycles. The van der Waals surface area contributed by atoms with Crippen LogP contribution in [0.5, 0.6) is 0 Å². The number of aryl methyl sites for hydroxylation is 1. The average Bonchev–Trinajstić information content (AvgIpc) is 3.30. The highest BCUT2D eigenvalue weighted by Gasteiger charge is 2.25. The summed E-state index contributed by atoms with van der Waals surface area (Å²) in [6.07, 6.45) is 1.80. The Balaban J connectivity index is 1.79. The highest BCUT2D eigenvalue weighted by molar-refractivity contribution is 7.17. The van der Waals surface area contributed by atoms with Gasteiger partial charge in [0.05, 0.1) is 12.3 Å². The quantitative estimate of drug-likeness (QED) is 0.618. The molecule has 0 fully saturated rings. The third kappa shape index (κ3) is 4.53. The van der Waals surface area contributed by atoms with E-state index in [1.165, 1.54) is 11.0 Å². The summed E-state index contributed by atoms with van der Waals surface area (Å²) in [6, 6.07) is 8.91. The fourth-order valence-electron chi connectivity index (χ4n) is 2.48. The number of nitrogens with zero attached hydrogens (tertiary/aromatic N) is 5. The molecule has 10 heteroatoms. The monoisotopic (exact) mass is 386 g/mol. The topological polar surface area (TPSA) is 112 Å². The third-order valence-electron chi connectivity index (χ3n) is 3.75. The van der Waals surface area contributed by atoms with Gasteiger partial charge in [-0.3, -0.25) is 4.79 Å². The molecule has 0 aliphatic rings. The number of tetrazole rings is 1. The Morgan fingerprint density at radius 2 is 2.07 bits per heavy atom. The van der Waals surface area contributed by atoms with Crippen molar-refractivity contribution < 1.29 is 14.3 Å². The van der Waals surface area contributed by atoms with Crippen molar-refractivity contribution in [2.45, 2.75) is 26.3 Å². The summed E-state index contributed by atoms with van der Waals surface area (Å²) in [7, 11) is 0. The fourth-order valence-corrected chi connectivity index (χ4v) is 3.34. The number of rotatable bonds is 7. The van der Waals surface area contributed by atoms with E-state index in [9.17, 15) is 9.59 Å². The predicted molar refractivity (Wildman–Crippen MR) is 98.4 cm³/mol. The summed E-state index contributed by atoms with van der Waals surface area (Å²) in [5.74, 6) is -0.773. The summed E-state index contributed by atoms with van der Waals surface area (Å²) in [5.41, 5.74) is 1.48. The Bertz CT molecular complexity index is 910. The van der Waals surface area contributed by atoms with Gasteiger partial charge < -0.3 is 10.1 Å². The van der Waals surface area contributed by atoms with Gasteiger partial charge in [-0.05, 0) is 29.8 Å². The summed E-state index contributed by atoms with van der Waals surface area (Å²) in [4.78, 5) is 29.4. The number of carbonyl (C=O) groups is 2. The van der Waals surface area contributed by atoms with E-state index < -0.39 is 12.0 Å². The third-order valence-corrected chi connectivity index (χ3v) is 4.80. The van der Waals surface area contributed by atoms with Gasteiger partial charge in [-0.25, -0.2) is 14.5 Å². The molecule has 0 aliphatic heterocycles. The van der Waals surface area contributed by atoms with Gasteiger partial charge in [-0.2, -0.15) is 0 Å². The predicted octanol–water partition coefficient (Wildman–Crippen LogP) is 2.04. The first-order valence-electron chi connectivity index (χ1n) is 8.30. The van der Waals surface area contributed by atoms with Crippen LogP contribution < -0.4 is 5.32 Å². The molecule has 140 valence electrons. The molecule has 0 spiro atoms. The van der Waals surface area contributed by atoms with Crippen molar-refractivity contribution in [3.8, 4) is 0 Å². The Hall–Kier alpha value is -3.14. The van der Waals surface area contributed by atoms with Crippen LogP contribution in [0.3, 0.4) is 0 Å². The van der Waals surface area contributed by atoms with Gasteiger partial charge in [0.1, 0.15) is 17.2 Å². The van der Waals surface area contributed by atoms with Gasteiger partial charge in [0.25, 0.3) is 5.91 Å². The molecule has 3 aromatic rings. The summed E-state index contributed by atoms with van der Waals surface area (Å²) in [6.45, 7) is 3.70. The number of benzene rings is 1. The van der Waals surface area contributed by atoms with E-state index in [-0.39, 0.29) is 12.5 Å². The fraction of sp³-hybridized carbons (Fsp3) is 0.294. The number of thiazole rings is 1. The van der Waals surface area contributed by atoms with Crippen molar-refractivity contribution in [2.75, 3.05) is 11.9 Å². The van der Waals surface area contributed by atoms with Gasteiger partial charge in [-0.15, -0.1) is 5.10 Å². The van der Waals surface area contributed by atoms with Crippen LogP contribution in [0.15, 0.2) is 36.7 Å². The van der Waals surface area contributed by atoms with Crippen molar-refractivity contribution in [1.29, 1.82) is 0 Å². The van der Waals surface area contributed by atoms with E-state index in [1.807, 2.05) is 30.3 Å². The zero-order valence-electron chi connectivity index (χ0n) is 14.8. The van der Waals surface area contributed by atoms with E-state index in [2.05, 4.69) is 25.8 Å². The largest absolute Gasteiger partial charge is 0.462 e. The molecule has 1 N–H and O–H groups in total. The lowest BCUT2D eigenvalue weighted by atomic mass is 10.1. The highest BCUT2D eigenvalue weighted by Crippen LogP contribution is 2.25. The van der Waals surface area contributed by atoms with Crippen molar-refractivity contribution in [2.24, 2.45) is 0 Å². The molecular formula is C17H18N6O3S. The van der Waals surface area contributed by atoms with E-state index in [0.717, 1.165) is 16.9 Å². The van der Waals surface area contributed by atoms with Crippen molar-refractivity contribution in [3.63, 3.8) is 0 Å². The van der Waals surface area contributed by atoms with Gasteiger partial charge >= 0.3 is 5.97 Å². The van der Waals surface area contributed by atoms with Crippen LogP contribution in [0.1, 0.15) is 33.9 Å². The first-order chi connectivity index (χ1) is 13.1. The Morgan fingerprint density at radius 1 is 1.30 bits per heavy atom. The summed E-state index contributed by atoms with van der Waals surface area (Å²) < 4.78 is 6.40. The van der Waals surface area contributed by atoms with Crippen LogP contribution in [0, 0.1) is 6.92 Å². The van der Waals surface area contributed by atoms with Crippen LogP contribution in [0.25, 0.3) is 0 Å². The molecule has 2 aromatic heterocycles. The van der Waals surface area contributed by atoms with E-state index in [1.54, 1.807) is 13.8 Å². The number of aromatic nitrogens is 5. The molecule has 3 rings (SSSR count). The average molecular weight is 386 g/mol. The number of amides is 1. The van der Waals surface area contributed by atoms with Gasteiger partial charge in [0, 0.05) is 6.42 Å². The smallest absolute Gasteiger partial charge is 0.350 e. The molecule has 0 saturated heterocycles. The highest BCUT2D eigenvalue weighted by atomic mass is 32.1. The van der Waals surface area contributed by atoms with Crippen molar-refractivity contribution in [1.82, 2.24) is 25.2 Å². The lowest BCUT2D eigenvalue weighted by Gasteiger charge is -2.15. The number of carbonyl (C=O) groups excluding carboxylic acids is 2. The number of esters is 1. The zero-order valence-corrected chi connectivity index (χ0v) is 15.6. The molecule has 0 radical (unpaired) electrons. The molecule has 0 bridgehead atoms. The second-order valence-electron chi connectivity index (χ2n) is 5.64. The zero-order chi connectivity index (χ0) is 19.2. The molecular weight excluding hydrogens is 368 g/mol.